The van der Waals surface area contributed by atoms with Gasteiger partial charge in [0.1, 0.15) is 24.6 Å². The predicted molar refractivity (Wildman–Crippen MR) is 70.4 cm³/mol. The van der Waals surface area contributed by atoms with E-state index >= 15 is 0 Å². The first-order valence-electron chi connectivity index (χ1n) is 5.73. The lowest BCUT2D eigenvalue weighted by Crippen LogP contribution is -2.16. The first kappa shape index (κ1) is 14.8. The van der Waals surface area contributed by atoms with E-state index in [1.54, 1.807) is 24.3 Å². The third kappa shape index (κ3) is 3.69. The lowest BCUT2D eigenvalue weighted by molar-refractivity contribution is -0.138. The van der Waals surface area contributed by atoms with Gasteiger partial charge in [-0.25, -0.2) is 9.48 Å². The van der Waals surface area contributed by atoms with Crippen LogP contribution < -0.4 is 4.74 Å². The van der Waals surface area contributed by atoms with Crippen LogP contribution in [0.2, 0.25) is 5.02 Å². The van der Waals surface area contributed by atoms with Crippen molar-refractivity contribution >= 4 is 23.5 Å². The van der Waals surface area contributed by atoms with Crippen LogP contribution in [0.3, 0.4) is 0 Å². The molecule has 1 aromatic heterocycles. The largest absolute Gasteiger partial charge is 0.487 e. The second-order valence-corrected chi connectivity index (χ2v) is 4.42. The minimum Gasteiger partial charge on any atom is -0.487 e. The van der Waals surface area contributed by atoms with Crippen molar-refractivity contribution in [3.63, 3.8) is 0 Å². The van der Waals surface area contributed by atoms with E-state index in [0.29, 0.717) is 10.8 Å². The van der Waals surface area contributed by atoms with E-state index in [1.165, 1.54) is 0 Å². The Morgan fingerprint density at radius 2 is 1.90 bits per heavy atom. The minimum absolute atomic E-state index is 0.0693. The van der Waals surface area contributed by atoms with Gasteiger partial charge in [0.15, 0.2) is 5.69 Å². The van der Waals surface area contributed by atoms with Gasteiger partial charge in [-0.3, -0.25) is 4.79 Å². The summed E-state index contributed by atoms with van der Waals surface area (Å²) in [6.45, 7) is -0.677. The number of hydrogen-bond donors (Lipinski definition) is 2. The number of carboxylic acid groups (broad SMARTS) is 2. The topological polar surface area (TPSA) is 115 Å². The average Bonchev–Trinajstić information content (AvgIpc) is 2.80. The van der Waals surface area contributed by atoms with Crippen molar-refractivity contribution in [2.24, 2.45) is 0 Å². The highest BCUT2D eigenvalue weighted by molar-refractivity contribution is 6.30. The highest BCUT2D eigenvalue weighted by atomic mass is 35.5. The minimum atomic E-state index is -1.30. The van der Waals surface area contributed by atoms with E-state index in [1.807, 2.05) is 0 Å². The quantitative estimate of drug-likeness (QED) is 0.826. The lowest BCUT2D eigenvalue weighted by atomic mass is 10.3. The molecule has 0 aliphatic rings. The van der Waals surface area contributed by atoms with Gasteiger partial charge in [-0.2, -0.15) is 0 Å². The van der Waals surface area contributed by atoms with Gasteiger partial charge in [0, 0.05) is 5.02 Å². The molecule has 2 rings (SSSR count). The summed E-state index contributed by atoms with van der Waals surface area (Å²) < 4.78 is 6.38. The summed E-state index contributed by atoms with van der Waals surface area (Å²) in [7, 11) is 0. The van der Waals surface area contributed by atoms with E-state index in [4.69, 9.17) is 26.6 Å². The number of rotatable bonds is 6. The van der Waals surface area contributed by atoms with E-state index < -0.39 is 18.5 Å². The molecule has 0 amide bonds. The van der Waals surface area contributed by atoms with E-state index in [2.05, 4.69) is 10.3 Å². The summed E-state index contributed by atoms with van der Waals surface area (Å²) in [4.78, 5) is 21.8. The number of carbonyl (C=O) groups is 2. The number of aromatic nitrogens is 3. The molecule has 0 radical (unpaired) electrons. The Kier molecular flexibility index (Phi) is 4.39. The molecule has 0 unspecified atom stereocenters. The summed E-state index contributed by atoms with van der Waals surface area (Å²) in [6.07, 6.45) is 0. The SMILES string of the molecule is O=C(O)Cn1nnc(C(=O)O)c1COc1ccc(Cl)cc1. The zero-order valence-electron chi connectivity index (χ0n) is 10.6. The van der Waals surface area contributed by atoms with Gasteiger partial charge >= 0.3 is 11.9 Å². The average molecular weight is 312 g/mol. The van der Waals surface area contributed by atoms with Crippen molar-refractivity contribution in [3.05, 3.63) is 40.7 Å². The van der Waals surface area contributed by atoms with Crippen molar-refractivity contribution < 1.29 is 24.5 Å². The highest BCUT2D eigenvalue weighted by Gasteiger charge is 2.20. The molecule has 1 aromatic carbocycles. The van der Waals surface area contributed by atoms with Crippen LogP contribution in [0.5, 0.6) is 5.75 Å². The van der Waals surface area contributed by atoms with Crippen molar-refractivity contribution in [2.75, 3.05) is 0 Å². The number of ether oxygens (including phenoxy) is 1. The molecule has 1 heterocycles. The number of halogens is 1. The molecule has 2 N–H and O–H groups in total. The molecule has 9 heteroatoms. The zero-order valence-corrected chi connectivity index (χ0v) is 11.3. The Hall–Kier alpha value is -2.61. The number of benzene rings is 1. The standard InChI is InChI=1S/C12H10ClN3O5/c13-7-1-3-8(4-2-7)21-6-9-11(12(19)20)14-15-16(9)5-10(17)18/h1-4H,5-6H2,(H,17,18)(H,19,20). The van der Waals surface area contributed by atoms with Gasteiger partial charge in [0.05, 0.1) is 0 Å². The molecular formula is C12H10ClN3O5. The molecule has 0 spiro atoms. The molecule has 21 heavy (non-hydrogen) atoms. The molecule has 0 atom stereocenters. The zero-order chi connectivity index (χ0) is 15.4. The van der Waals surface area contributed by atoms with Crippen molar-refractivity contribution in [3.8, 4) is 5.75 Å². The Labute approximate surface area is 123 Å². The molecule has 0 fully saturated rings. The van der Waals surface area contributed by atoms with Crippen molar-refractivity contribution in [1.82, 2.24) is 15.0 Å². The third-order valence-corrected chi connectivity index (χ3v) is 2.77. The van der Waals surface area contributed by atoms with Gasteiger partial charge in [0.25, 0.3) is 0 Å². The van der Waals surface area contributed by atoms with Crippen LogP contribution in [0, 0.1) is 0 Å². The van der Waals surface area contributed by atoms with E-state index in [-0.39, 0.29) is 18.0 Å². The van der Waals surface area contributed by atoms with Crippen molar-refractivity contribution in [2.45, 2.75) is 13.2 Å². The Morgan fingerprint density at radius 1 is 1.24 bits per heavy atom. The molecular weight excluding hydrogens is 302 g/mol. The smallest absolute Gasteiger partial charge is 0.358 e. The maximum Gasteiger partial charge on any atom is 0.358 e. The summed E-state index contributed by atoms with van der Waals surface area (Å²) in [6, 6.07) is 6.44. The van der Waals surface area contributed by atoms with Gasteiger partial charge < -0.3 is 14.9 Å². The number of hydrogen-bond acceptors (Lipinski definition) is 5. The van der Waals surface area contributed by atoms with Gasteiger partial charge in [-0.15, -0.1) is 5.10 Å². The summed E-state index contributed by atoms with van der Waals surface area (Å²) in [5, 5.41) is 25.3. The number of aliphatic carboxylic acids is 1. The highest BCUT2D eigenvalue weighted by Crippen LogP contribution is 2.17. The van der Waals surface area contributed by atoms with E-state index in [9.17, 15) is 9.59 Å². The first-order valence-corrected chi connectivity index (χ1v) is 6.11. The number of nitrogens with zero attached hydrogens (tertiary/aromatic N) is 3. The molecule has 110 valence electrons. The van der Waals surface area contributed by atoms with Crippen LogP contribution in [0.4, 0.5) is 0 Å². The first-order chi connectivity index (χ1) is 9.97. The summed E-state index contributed by atoms with van der Waals surface area (Å²) in [5.74, 6) is -2.01. The van der Waals surface area contributed by atoms with Crippen LogP contribution in [0.25, 0.3) is 0 Å². The monoisotopic (exact) mass is 311 g/mol. The van der Waals surface area contributed by atoms with Crippen LogP contribution in [0.1, 0.15) is 16.2 Å². The predicted octanol–water partition coefficient (Wildman–Crippen LogP) is 1.29. The summed E-state index contributed by atoms with van der Waals surface area (Å²) >= 11 is 5.74. The molecule has 0 saturated carbocycles. The molecule has 2 aromatic rings. The maximum absolute atomic E-state index is 11.0. The molecule has 0 aliphatic carbocycles. The molecule has 8 nitrogen and oxygen atoms in total. The van der Waals surface area contributed by atoms with Gasteiger partial charge in [-0.05, 0) is 24.3 Å². The van der Waals surface area contributed by atoms with Crippen molar-refractivity contribution in [1.29, 1.82) is 0 Å². The Balaban J connectivity index is 2.20. The van der Waals surface area contributed by atoms with Crippen LogP contribution in [-0.4, -0.2) is 37.1 Å². The number of aromatic carboxylic acids is 1. The Morgan fingerprint density at radius 3 is 2.48 bits per heavy atom. The van der Waals surface area contributed by atoms with Gasteiger partial charge in [0.2, 0.25) is 0 Å². The Bertz CT molecular complexity index is 668. The lowest BCUT2D eigenvalue weighted by Gasteiger charge is -2.08. The van der Waals surface area contributed by atoms with Gasteiger partial charge in [-0.1, -0.05) is 16.8 Å². The maximum atomic E-state index is 11.0. The summed E-state index contributed by atoms with van der Waals surface area (Å²) in [5.41, 5.74) is -0.273. The second kappa shape index (κ2) is 6.23. The fourth-order valence-electron chi connectivity index (χ4n) is 1.58. The molecule has 0 bridgehead atoms. The normalized spacial score (nSPS) is 10.3. The number of carboxylic acids is 2. The fourth-order valence-corrected chi connectivity index (χ4v) is 1.71. The fraction of sp³-hybridized carbons (Fsp3) is 0.167. The van der Waals surface area contributed by atoms with E-state index in [0.717, 1.165) is 4.68 Å². The second-order valence-electron chi connectivity index (χ2n) is 3.98. The van der Waals surface area contributed by atoms with Crippen LogP contribution in [-0.2, 0) is 17.9 Å². The third-order valence-electron chi connectivity index (χ3n) is 2.51. The molecule has 0 aliphatic heterocycles. The van der Waals surface area contributed by atoms with Crippen LogP contribution >= 0.6 is 11.6 Å². The molecule has 0 saturated heterocycles. The van der Waals surface area contributed by atoms with Crippen LogP contribution in [0.15, 0.2) is 24.3 Å².